The minimum atomic E-state index is 0.913. The molecule has 0 aromatic carbocycles. The van der Waals surface area contributed by atoms with Crippen molar-refractivity contribution in [3.63, 3.8) is 0 Å². The second-order valence-electron chi connectivity index (χ2n) is 1.73. The Morgan fingerprint density at radius 1 is 1.75 bits per heavy atom. The first kappa shape index (κ1) is 5.98. The number of rotatable bonds is 0. The lowest BCUT2D eigenvalue weighted by atomic mass is 10.3. The van der Waals surface area contributed by atoms with Crippen LogP contribution in [0, 0.1) is 0 Å². The molecule has 0 aliphatic carbocycles. The van der Waals surface area contributed by atoms with E-state index in [0.29, 0.717) is 0 Å². The predicted octanol–water partition coefficient (Wildman–Crippen LogP) is 0.471. The van der Waals surface area contributed by atoms with E-state index in [1.54, 1.807) is 11.9 Å². The average molecular weight is 130 g/mol. The number of hydrogen-bond donors (Lipinski definition) is 2. The van der Waals surface area contributed by atoms with Gasteiger partial charge in [-0.15, -0.1) is 0 Å². The van der Waals surface area contributed by atoms with Crippen molar-refractivity contribution in [1.82, 2.24) is 4.72 Å². The summed E-state index contributed by atoms with van der Waals surface area (Å²) in [6.07, 6.45) is 3.05. The molecule has 3 N–H and O–H groups in total. The monoisotopic (exact) mass is 130 g/mol. The minimum absolute atomic E-state index is 0.913. The van der Waals surface area contributed by atoms with Crippen LogP contribution in [-0.2, 0) is 0 Å². The van der Waals surface area contributed by atoms with Gasteiger partial charge in [-0.2, -0.15) is 0 Å². The molecule has 46 valence electrons. The molecule has 2 nitrogen and oxygen atoms in total. The van der Waals surface area contributed by atoms with Crippen LogP contribution < -0.4 is 10.5 Å². The zero-order chi connectivity index (χ0) is 5.82. The van der Waals surface area contributed by atoms with Crippen molar-refractivity contribution in [2.75, 3.05) is 12.3 Å². The average Bonchev–Trinajstić information content (AvgIpc) is 1.94. The molecule has 0 amide bonds. The van der Waals surface area contributed by atoms with Crippen LogP contribution in [0.2, 0.25) is 0 Å². The summed E-state index contributed by atoms with van der Waals surface area (Å²) in [5.74, 6) is 1.10. The van der Waals surface area contributed by atoms with E-state index < -0.39 is 0 Å². The molecule has 1 heterocycles. The summed E-state index contributed by atoms with van der Waals surface area (Å²) in [6, 6.07) is 0. The highest BCUT2D eigenvalue weighted by atomic mass is 32.2. The van der Waals surface area contributed by atoms with Crippen LogP contribution in [0.4, 0.5) is 0 Å². The van der Waals surface area contributed by atoms with Crippen molar-refractivity contribution in [3.05, 3.63) is 11.8 Å². The van der Waals surface area contributed by atoms with Crippen molar-refractivity contribution in [2.24, 2.45) is 5.73 Å². The fourth-order valence-electron chi connectivity index (χ4n) is 0.575. The lowest BCUT2D eigenvalue weighted by molar-refractivity contribution is 1.07. The van der Waals surface area contributed by atoms with Crippen LogP contribution in [-0.4, -0.2) is 12.3 Å². The maximum atomic E-state index is 5.54. The molecule has 8 heavy (non-hydrogen) atoms. The lowest BCUT2D eigenvalue weighted by Gasteiger charge is -1.92. The summed E-state index contributed by atoms with van der Waals surface area (Å²) in [5.41, 5.74) is 6.56. The zero-order valence-corrected chi connectivity index (χ0v) is 5.50. The molecule has 0 aromatic rings. The Bertz CT molecular complexity index is 101. The SMILES string of the molecule is NC1=CCNSCC1. The van der Waals surface area contributed by atoms with Crippen LogP contribution in [0.15, 0.2) is 11.8 Å². The predicted molar refractivity (Wildman–Crippen MR) is 37.3 cm³/mol. The fourth-order valence-corrected chi connectivity index (χ4v) is 1.26. The summed E-state index contributed by atoms with van der Waals surface area (Å²) < 4.78 is 3.14. The van der Waals surface area contributed by atoms with Gasteiger partial charge >= 0.3 is 0 Å². The molecule has 0 radical (unpaired) electrons. The quantitative estimate of drug-likeness (QED) is 0.468. The van der Waals surface area contributed by atoms with Crippen LogP contribution in [0.5, 0.6) is 0 Å². The van der Waals surface area contributed by atoms with Gasteiger partial charge in [0.15, 0.2) is 0 Å². The van der Waals surface area contributed by atoms with Crippen molar-refractivity contribution >= 4 is 11.9 Å². The number of hydrogen-bond acceptors (Lipinski definition) is 3. The van der Waals surface area contributed by atoms with E-state index in [4.69, 9.17) is 5.73 Å². The van der Waals surface area contributed by atoms with Gasteiger partial charge in [-0.1, -0.05) is 18.0 Å². The Labute approximate surface area is 53.7 Å². The standard InChI is InChI=1S/C5H10N2S/c6-5-1-3-7-8-4-2-5/h1,7H,2-4,6H2. The van der Waals surface area contributed by atoms with Gasteiger partial charge in [0.2, 0.25) is 0 Å². The molecule has 0 saturated heterocycles. The molecule has 1 aliphatic heterocycles. The summed E-state index contributed by atoms with van der Waals surface area (Å²) >= 11 is 1.74. The maximum absolute atomic E-state index is 5.54. The molecular formula is C5H10N2S. The Hall–Kier alpha value is -0.150. The summed E-state index contributed by atoms with van der Waals surface area (Å²) in [7, 11) is 0. The second-order valence-corrected chi connectivity index (χ2v) is 2.71. The van der Waals surface area contributed by atoms with Gasteiger partial charge in [-0.3, -0.25) is 4.72 Å². The molecule has 0 spiro atoms. The first-order chi connectivity index (χ1) is 3.89. The van der Waals surface area contributed by atoms with Gasteiger partial charge < -0.3 is 5.73 Å². The Morgan fingerprint density at radius 2 is 2.62 bits per heavy atom. The summed E-state index contributed by atoms with van der Waals surface area (Å²) in [6.45, 7) is 0.913. The topological polar surface area (TPSA) is 38.0 Å². The van der Waals surface area contributed by atoms with Crippen molar-refractivity contribution < 1.29 is 0 Å². The summed E-state index contributed by atoms with van der Waals surface area (Å²) in [4.78, 5) is 0. The lowest BCUT2D eigenvalue weighted by Crippen LogP contribution is -2.01. The molecular weight excluding hydrogens is 120 g/mol. The van der Waals surface area contributed by atoms with E-state index in [2.05, 4.69) is 4.72 Å². The largest absolute Gasteiger partial charge is 0.402 e. The normalized spacial score (nSPS) is 21.8. The molecule has 0 saturated carbocycles. The van der Waals surface area contributed by atoms with E-state index in [0.717, 1.165) is 24.4 Å². The molecule has 0 unspecified atom stereocenters. The molecule has 0 fully saturated rings. The molecule has 1 aliphatic rings. The van der Waals surface area contributed by atoms with Gasteiger partial charge in [0, 0.05) is 18.0 Å². The molecule has 3 heteroatoms. The van der Waals surface area contributed by atoms with Crippen molar-refractivity contribution in [3.8, 4) is 0 Å². The van der Waals surface area contributed by atoms with Crippen LogP contribution >= 0.6 is 11.9 Å². The van der Waals surface area contributed by atoms with Crippen molar-refractivity contribution in [2.45, 2.75) is 6.42 Å². The molecule has 0 aromatic heterocycles. The Kier molecular flexibility index (Phi) is 2.24. The highest BCUT2D eigenvalue weighted by molar-refractivity contribution is 7.97. The highest BCUT2D eigenvalue weighted by Crippen LogP contribution is 2.04. The first-order valence-electron chi connectivity index (χ1n) is 2.69. The number of allylic oxidation sites excluding steroid dienone is 1. The third-order valence-electron chi connectivity index (χ3n) is 1.04. The third-order valence-corrected chi connectivity index (χ3v) is 1.82. The molecule has 0 atom stereocenters. The van der Waals surface area contributed by atoms with Crippen LogP contribution in [0.25, 0.3) is 0 Å². The number of nitrogens with two attached hydrogens (primary N) is 1. The zero-order valence-electron chi connectivity index (χ0n) is 4.68. The van der Waals surface area contributed by atoms with Gasteiger partial charge in [-0.05, 0) is 6.42 Å². The minimum Gasteiger partial charge on any atom is -0.402 e. The van der Waals surface area contributed by atoms with E-state index in [1.807, 2.05) is 6.08 Å². The molecule has 0 bridgehead atoms. The van der Waals surface area contributed by atoms with E-state index in [9.17, 15) is 0 Å². The second kappa shape index (κ2) is 2.99. The van der Waals surface area contributed by atoms with Crippen molar-refractivity contribution in [1.29, 1.82) is 0 Å². The highest BCUT2D eigenvalue weighted by Gasteiger charge is 1.95. The van der Waals surface area contributed by atoms with E-state index in [-0.39, 0.29) is 0 Å². The van der Waals surface area contributed by atoms with Gasteiger partial charge in [0.1, 0.15) is 0 Å². The van der Waals surface area contributed by atoms with Crippen LogP contribution in [0.1, 0.15) is 6.42 Å². The maximum Gasteiger partial charge on any atom is 0.0259 e. The van der Waals surface area contributed by atoms with E-state index in [1.165, 1.54) is 0 Å². The van der Waals surface area contributed by atoms with Gasteiger partial charge in [-0.25, -0.2) is 0 Å². The number of nitrogens with one attached hydrogen (secondary N) is 1. The Morgan fingerprint density at radius 3 is 3.50 bits per heavy atom. The van der Waals surface area contributed by atoms with Gasteiger partial charge in [0.05, 0.1) is 0 Å². The molecule has 1 rings (SSSR count). The smallest absolute Gasteiger partial charge is 0.0259 e. The van der Waals surface area contributed by atoms with Crippen LogP contribution in [0.3, 0.4) is 0 Å². The third kappa shape index (κ3) is 1.76. The Balaban J connectivity index is 2.36. The van der Waals surface area contributed by atoms with Gasteiger partial charge in [0.25, 0.3) is 0 Å². The fraction of sp³-hybridized carbons (Fsp3) is 0.600. The summed E-state index contributed by atoms with van der Waals surface area (Å²) in [5, 5.41) is 0. The van der Waals surface area contributed by atoms with E-state index >= 15 is 0 Å². The first-order valence-corrected chi connectivity index (χ1v) is 3.67.